The first-order valence-electron chi connectivity index (χ1n) is 11.4. The van der Waals surface area contributed by atoms with Gasteiger partial charge in [0.2, 0.25) is 0 Å². The molecule has 6 nitrogen and oxygen atoms in total. The van der Waals surface area contributed by atoms with Gasteiger partial charge in [-0.3, -0.25) is 20.4 Å². The highest BCUT2D eigenvalue weighted by molar-refractivity contribution is 9.10. The van der Waals surface area contributed by atoms with E-state index in [4.69, 9.17) is 9.47 Å². The van der Waals surface area contributed by atoms with Crippen molar-refractivity contribution < 1.29 is 19.1 Å². The fourth-order valence-electron chi connectivity index (χ4n) is 3.55. The molecule has 0 unspecified atom stereocenters. The highest BCUT2D eigenvalue weighted by Crippen LogP contribution is 2.29. The molecular formula is C29H25BrN2O4. The third-order valence-corrected chi connectivity index (χ3v) is 5.82. The lowest BCUT2D eigenvalue weighted by Gasteiger charge is -2.14. The molecule has 0 atom stereocenters. The van der Waals surface area contributed by atoms with Gasteiger partial charge in [0.25, 0.3) is 11.8 Å². The molecule has 7 heteroatoms. The molecule has 0 heterocycles. The lowest BCUT2D eigenvalue weighted by Crippen LogP contribution is -2.44. The first kappa shape index (κ1) is 25.0. The van der Waals surface area contributed by atoms with Crippen molar-refractivity contribution in [2.45, 2.75) is 6.42 Å². The Labute approximate surface area is 218 Å². The van der Waals surface area contributed by atoms with E-state index in [0.29, 0.717) is 30.1 Å². The van der Waals surface area contributed by atoms with Crippen molar-refractivity contribution in [3.8, 4) is 22.6 Å². The zero-order valence-electron chi connectivity index (χ0n) is 19.4. The van der Waals surface area contributed by atoms with Crippen LogP contribution in [0.3, 0.4) is 0 Å². The number of rotatable bonds is 9. The van der Waals surface area contributed by atoms with Gasteiger partial charge in [-0.2, -0.15) is 0 Å². The van der Waals surface area contributed by atoms with Crippen molar-refractivity contribution >= 4 is 27.7 Å². The molecule has 0 aromatic heterocycles. The Hall–Kier alpha value is -4.10. The minimum atomic E-state index is -0.496. The lowest BCUT2D eigenvalue weighted by atomic mass is 10.1. The zero-order valence-corrected chi connectivity index (χ0v) is 21.0. The van der Waals surface area contributed by atoms with Gasteiger partial charge in [0.05, 0.1) is 12.2 Å². The number of nitrogens with one attached hydrogen (secondary N) is 2. The normalized spacial score (nSPS) is 10.4. The SMILES string of the molecule is O=C(COc1ccccc1-c1ccccc1)NNC(=O)c1cc(Br)ccc1OCCc1ccccc1. The van der Waals surface area contributed by atoms with Crippen LogP contribution in [0.4, 0.5) is 0 Å². The summed E-state index contributed by atoms with van der Waals surface area (Å²) in [7, 11) is 0. The zero-order chi connectivity index (χ0) is 25.2. The van der Waals surface area contributed by atoms with Crippen LogP contribution in [0, 0.1) is 0 Å². The van der Waals surface area contributed by atoms with E-state index in [-0.39, 0.29) is 6.61 Å². The fourth-order valence-corrected chi connectivity index (χ4v) is 3.91. The number of hydrogen-bond donors (Lipinski definition) is 2. The van der Waals surface area contributed by atoms with Gasteiger partial charge in [0.1, 0.15) is 11.5 Å². The summed E-state index contributed by atoms with van der Waals surface area (Å²) in [5.74, 6) is 0.0111. The van der Waals surface area contributed by atoms with Crippen LogP contribution >= 0.6 is 15.9 Å². The summed E-state index contributed by atoms with van der Waals surface area (Å²) in [5, 5.41) is 0. The number of ether oxygens (including phenoxy) is 2. The number of halogens is 1. The molecule has 4 aromatic rings. The van der Waals surface area contributed by atoms with Crippen molar-refractivity contribution in [3.63, 3.8) is 0 Å². The molecule has 0 spiro atoms. The number of para-hydroxylation sites is 1. The Morgan fingerprint density at radius 3 is 2.19 bits per heavy atom. The van der Waals surface area contributed by atoms with Crippen molar-refractivity contribution in [1.29, 1.82) is 0 Å². The van der Waals surface area contributed by atoms with Gasteiger partial charge < -0.3 is 9.47 Å². The van der Waals surface area contributed by atoms with Crippen molar-refractivity contribution in [3.05, 3.63) is 119 Å². The first-order chi connectivity index (χ1) is 17.6. The molecule has 0 aliphatic rings. The van der Waals surface area contributed by atoms with Gasteiger partial charge in [-0.25, -0.2) is 0 Å². The maximum atomic E-state index is 12.8. The van der Waals surface area contributed by atoms with E-state index in [0.717, 1.165) is 21.2 Å². The molecule has 36 heavy (non-hydrogen) atoms. The number of carbonyl (C=O) groups is 2. The fraction of sp³-hybridized carbons (Fsp3) is 0.103. The highest BCUT2D eigenvalue weighted by Gasteiger charge is 2.15. The molecule has 2 amide bonds. The van der Waals surface area contributed by atoms with Crippen LogP contribution in [0.15, 0.2) is 108 Å². The minimum Gasteiger partial charge on any atom is -0.492 e. The second kappa shape index (κ2) is 12.6. The van der Waals surface area contributed by atoms with Gasteiger partial charge in [-0.05, 0) is 35.4 Å². The number of amides is 2. The van der Waals surface area contributed by atoms with Crippen LogP contribution in [-0.2, 0) is 11.2 Å². The Morgan fingerprint density at radius 1 is 0.722 bits per heavy atom. The van der Waals surface area contributed by atoms with E-state index in [1.165, 1.54) is 0 Å². The summed E-state index contributed by atoms with van der Waals surface area (Å²) in [6.07, 6.45) is 0.705. The van der Waals surface area contributed by atoms with Crippen LogP contribution < -0.4 is 20.3 Å². The Kier molecular flexibility index (Phi) is 8.72. The summed E-state index contributed by atoms with van der Waals surface area (Å²) in [6.45, 7) is 0.149. The second-order valence-corrected chi connectivity index (χ2v) is 8.79. The van der Waals surface area contributed by atoms with Crippen LogP contribution in [-0.4, -0.2) is 25.0 Å². The van der Waals surface area contributed by atoms with E-state index in [2.05, 4.69) is 26.8 Å². The third kappa shape index (κ3) is 6.96. The van der Waals surface area contributed by atoms with Gasteiger partial charge in [0, 0.05) is 16.5 Å². The van der Waals surface area contributed by atoms with Gasteiger partial charge in [-0.15, -0.1) is 0 Å². The number of carbonyl (C=O) groups excluding carboxylic acids is 2. The molecule has 0 radical (unpaired) electrons. The summed E-state index contributed by atoms with van der Waals surface area (Å²) >= 11 is 3.38. The molecule has 4 aromatic carbocycles. The average molecular weight is 545 g/mol. The molecule has 0 aliphatic carbocycles. The Balaban J connectivity index is 1.32. The average Bonchev–Trinajstić information content (AvgIpc) is 2.92. The van der Waals surface area contributed by atoms with Crippen molar-refractivity contribution in [2.75, 3.05) is 13.2 Å². The van der Waals surface area contributed by atoms with Crippen LogP contribution in [0.25, 0.3) is 11.1 Å². The molecule has 0 aliphatic heterocycles. The van der Waals surface area contributed by atoms with Gasteiger partial charge in [0.15, 0.2) is 6.61 Å². The van der Waals surface area contributed by atoms with E-state index in [1.807, 2.05) is 78.9 Å². The molecular weight excluding hydrogens is 520 g/mol. The predicted molar refractivity (Wildman–Crippen MR) is 143 cm³/mol. The summed E-state index contributed by atoms with van der Waals surface area (Å²) in [6, 6.07) is 32.4. The smallest absolute Gasteiger partial charge is 0.276 e. The highest BCUT2D eigenvalue weighted by atomic mass is 79.9. The summed E-state index contributed by atoms with van der Waals surface area (Å²) < 4.78 is 12.3. The molecule has 4 rings (SSSR count). The van der Waals surface area contributed by atoms with Crippen LogP contribution in [0.1, 0.15) is 15.9 Å². The standard InChI is InChI=1S/C29H25BrN2O4/c30-23-15-16-27(35-18-17-21-9-3-1-4-10-21)25(19-23)29(34)32-31-28(33)20-36-26-14-8-7-13-24(26)22-11-5-2-6-12-22/h1-16,19H,17-18,20H2,(H,31,33)(H,32,34). The number of hydrogen-bond acceptors (Lipinski definition) is 4. The summed E-state index contributed by atoms with van der Waals surface area (Å²) in [4.78, 5) is 25.2. The molecule has 0 fully saturated rings. The number of hydrazine groups is 1. The molecule has 182 valence electrons. The van der Waals surface area contributed by atoms with E-state index in [1.54, 1.807) is 24.3 Å². The predicted octanol–water partition coefficient (Wildman–Crippen LogP) is 5.58. The minimum absolute atomic E-state index is 0.261. The largest absolute Gasteiger partial charge is 0.492 e. The van der Waals surface area contributed by atoms with E-state index in [9.17, 15) is 9.59 Å². The lowest BCUT2D eigenvalue weighted by molar-refractivity contribution is -0.123. The van der Waals surface area contributed by atoms with Crippen LogP contribution in [0.5, 0.6) is 11.5 Å². The Bertz CT molecular complexity index is 1310. The molecule has 2 N–H and O–H groups in total. The van der Waals surface area contributed by atoms with E-state index >= 15 is 0 Å². The van der Waals surface area contributed by atoms with Gasteiger partial charge in [-0.1, -0.05) is 94.8 Å². The number of benzene rings is 4. The van der Waals surface area contributed by atoms with Crippen molar-refractivity contribution in [1.82, 2.24) is 10.9 Å². The molecule has 0 bridgehead atoms. The topological polar surface area (TPSA) is 76.7 Å². The van der Waals surface area contributed by atoms with Crippen molar-refractivity contribution in [2.24, 2.45) is 0 Å². The second-order valence-electron chi connectivity index (χ2n) is 7.88. The third-order valence-electron chi connectivity index (χ3n) is 5.32. The first-order valence-corrected chi connectivity index (χ1v) is 12.2. The molecule has 0 saturated heterocycles. The maximum Gasteiger partial charge on any atom is 0.276 e. The van der Waals surface area contributed by atoms with E-state index < -0.39 is 11.8 Å². The summed E-state index contributed by atoms with van der Waals surface area (Å²) in [5.41, 5.74) is 8.14. The maximum absolute atomic E-state index is 12.8. The monoisotopic (exact) mass is 544 g/mol. The Morgan fingerprint density at radius 2 is 1.42 bits per heavy atom. The van der Waals surface area contributed by atoms with Gasteiger partial charge >= 0.3 is 0 Å². The molecule has 0 saturated carbocycles. The quantitative estimate of drug-likeness (QED) is 0.270. The van der Waals surface area contributed by atoms with Crippen LogP contribution in [0.2, 0.25) is 0 Å².